The molecular formula is C12H25N3O2. The van der Waals surface area contributed by atoms with Crippen molar-refractivity contribution in [2.45, 2.75) is 31.9 Å². The fourth-order valence-electron chi connectivity index (χ4n) is 1.95. The number of amides is 1. The lowest BCUT2D eigenvalue weighted by Gasteiger charge is -2.36. The molecule has 0 aromatic heterocycles. The molecule has 100 valence electrons. The first kappa shape index (κ1) is 14.4. The molecule has 1 unspecified atom stereocenters. The van der Waals surface area contributed by atoms with Crippen LogP contribution in [0.5, 0.6) is 0 Å². The maximum atomic E-state index is 11.7. The van der Waals surface area contributed by atoms with Gasteiger partial charge in [0.25, 0.3) is 0 Å². The van der Waals surface area contributed by atoms with E-state index in [1.807, 2.05) is 0 Å². The van der Waals surface area contributed by atoms with Gasteiger partial charge in [0, 0.05) is 40.3 Å². The summed E-state index contributed by atoms with van der Waals surface area (Å²) in [4.78, 5) is 14.0. The maximum Gasteiger partial charge on any atom is 0.238 e. The van der Waals surface area contributed by atoms with Crippen LogP contribution in [0.15, 0.2) is 0 Å². The Labute approximate surface area is 104 Å². The van der Waals surface area contributed by atoms with Gasteiger partial charge in [-0.2, -0.15) is 0 Å². The van der Waals surface area contributed by atoms with Crippen LogP contribution in [0.1, 0.15) is 20.3 Å². The molecule has 1 heterocycles. The zero-order chi connectivity index (χ0) is 12.9. The van der Waals surface area contributed by atoms with Gasteiger partial charge in [-0.3, -0.25) is 9.69 Å². The van der Waals surface area contributed by atoms with Crippen molar-refractivity contribution in [2.24, 2.45) is 0 Å². The third kappa shape index (κ3) is 4.26. The fourth-order valence-corrected chi connectivity index (χ4v) is 1.95. The minimum Gasteiger partial charge on any atom is -0.379 e. The predicted molar refractivity (Wildman–Crippen MR) is 68.0 cm³/mol. The molecule has 1 atom stereocenters. The Morgan fingerprint density at radius 2 is 2.29 bits per heavy atom. The van der Waals surface area contributed by atoms with E-state index in [1.54, 1.807) is 14.2 Å². The summed E-state index contributed by atoms with van der Waals surface area (Å²) in [7, 11) is 3.42. The van der Waals surface area contributed by atoms with Crippen molar-refractivity contribution >= 4 is 5.91 Å². The number of hydrogen-bond acceptors (Lipinski definition) is 4. The molecule has 1 saturated heterocycles. The highest BCUT2D eigenvalue weighted by molar-refractivity contribution is 5.81. The predicted octanol–water partition coefficient (Wildman–Crippen LogP) is -0.179. The maximum absolute atomic E-state index is 11.7. The first-order valence-electron chi connectivity index (χ1n) is 6.21. The summed E-state index contributed by atoms with van der Waals surface area (Å²) in [6, 6.07) is -0.0543. The lowest BCUT2D eigenvalue weighted by atomic mass is 10.0. The third-order valence-electron chi connectivity index (χ3n) is 3.46. The van der Waals surface area contributed by atoms with Crippen molar-refractivity contribution in [3.8, 4) is 0 Å². The molecule has 2 N–H and O–H groups in total. The Kier molecular flexibility index (Phi) is 5.36. The molecule has 0 spiro atoms. The second-order valence-corrected chi connectivity index (χ2v) is 5.08. The van der Waals surface area contributed by atoms with Gasteiger partial charge < -0.3 is 15.4 Å². The minimum absolute atomic E-state index is 0.0543. The monoisotopic (exact) mass is 243 g/mol. The van der Waals surface area contributed by atoms with Gasteiger partial charge in [0.2, 0.25) is 5.91 Å². The zero-order valence-electron chi connectivity index (χ0n) is 11.4. The molecular weight excluding hydrogens is 218 g/mol. The molecule has 0 aliphatic carbocycles. The number of nitrogens with zero attached hydrogens (tertiary/aromatic N) is 1. The number of methoxy groups -OCH3 is 1. The summed E-state index contributed by atoms with van der Waals surface area (Å²) in [5.74, 6) is 0.0902. The average molecular weight is 243 g/mol. The highest BCUT2D eigenvalue weighted by Gasteiger charge is 2.29. The Morgan fingerprint density at radius 1 is 1.59 bits per heavy atom. The molecule has 1 aliphatic heterocycles. The van der Waals surface area contributed by atoms with E-state index in [1.165, 1.54) is 0 Å². The highest BCUT2D eigenvalue weighted by atomic mass is 16.5. The molecule has 0 aromatic carbocycles. The summed E-state index contributed by atoms with van der Waals surface area (Å²) in [5, 5.41) is 5.98. The van der Waals surface area contributed by atoms with Crippen molar-refractivity contribution in [1.29, 1.82) is 0 Å². The van der Waals surface area contributed by atoms with Crippen molar-refractivity contribution < 1.29 is 9.53 Å². The van der Waals surface area contributed by atoms with Crippen molar-refractivity contribution in [3.05, 3.63) is 0 Å². The Bertz CT molecular complexity index is 256. The molecule has 0 radical (unpaired) electrons. The van der Waals surface area contributed by atoms with E-state index < -0.39 is 0 Å². The van der Waals surface area contributed by atoms with Crippen LogP contribution in [-0.4, -0.2) is 62.8 Å². The summed E-state index contributed by atoms with van der Waals surface area (Å²) in [6.45, 7) is 7.63. The van der Waals surface area contributed by atoms with E-state index in [0.717, 1.165) is 32.6 Å². The van der Waals surface area contributed by atoms with E-state index >= 15 is 0 Å². The molecule has 0 aromatic rings. The van der Waals surface area contributed by atoms with E-state index in [0.29, 0.717) is 0 Å². The Hall–Kier alpha value is -0.650. The van der Waals surface area contributed by atoms with E-state index in [9.17, 15) is 4.79 Å². The molecule has 1 fully saturated rings. The SMILES string of the molecule is CNC(=O)C1CNCCN1CCC(C)(C)OC. The molecule has 1 rings (SSSR count). The number of ether oxygens (including phenoxy) is 1. The second kappa shape index (κ2) is 6.33. The van der Waals surface area contributed by atoms with Gasteiger partial charge in [-0.1, -0.05) is 0 Å². The Morgan fingerprint density at radius 3 is 2.88 bits per heavy atom. The Balaban J connectivity index is 2.51. The van der Waals surface area contributed by atoms with Gasteiger partial charge in [0.15, 0.2) is 0 Å². The summed E-state index contributed by atoms with van der Waals surface area (Å²) >= 11 is 0. The molecule has 0 bridgehead atoms. The van der Waals surface area contributed by atoms with Crippen LogP contribution in [0.25, 0.3) is 0 Å². The van der Waals surface area contributed by atoms with E-state index in [-0.39, 0.29) is 17.6 Å². The van der Waals surface area contributed by atoms with Gasteiger partial charge >= 0.3 is 0 Å². The quantitative estimate of drug-likeness (QED) is 0.703. The van der Waals surface area contributed by atoms with E-state index in [2.05, 4.69) is 29.4 Å². The van der Waals surface area contributed by atoms with Crippen LogP contribution in [0.3, 0.4) is 0 Å². The largest absolute Gasteiger partial charge is 0.379 e. The lowest BCUT2D eigenvalue weighted by Crippen LogP contribution is -2.58. The van der Waals surface area contributed by atoms with Crippen LogP contribution in [-0.2, 0) is 9.53 Å². The minimum atomic E-state index is -0.127. The van der Waals surface area contributed by atoms with Gasteiger partial charge in [-0.05, 0) is 20.3 Å². The van der Waals surface area contributed by atoms with Crippen molar-refractivity contribution in [1.82, 2.24) is 15.5 Å². The number of piperazine rings is 1. The smallest absolute Gasteiger partial charge is 0.238 e. The van der Waals surface area contributed by atoms with Gasteiger partial charge in [0.1, 0.15) is 6.04 Å². The first-order valence-corrected chi connectivity index (χ1v) is 6.21. The third-order valence-corrected chi connectivity index (χ3v) is 3.46. The van der Waals surface area contributed by atoms with Crippen molar-refractivity contribution in [3.63, 3.8) is 0 Å². The lowest BCUT2D eigenvalue weighted by molar-refractivity contribution is -0.127. The van der Waals surface area contributed by atoms with Crippen molar-refractivity contribution in [2.75, 3.05) is 40.3 Å². The van der Waals surface area contributed by atoms with E-state index in [4.69, 9.17) is 4.74 Å². The summed E-state index contributed by atoms with van der Waals surface area (Å²) in [5.41, 5.74) is -0.127. The number of nitrogens with one attached hydrogen (secondary N) is 2. The molecule has 0 saturated carbocycles. The fraction of sp³-hybridized carbons (Fsp3) is 0.917. The van der Waals surface area contributed by atoms with Crippen LogP contribution in [0.4, 0.5) is 0 Å². The van der Waals surface area contributed by atoms with Gasteiger partial charge in [0.05, 0.1) is 5.60 Å². The number of hydrogen-bond donors (Lipinski definition) is 2. The van der Waals surface area contributed by atoms with Gasteiger partial charge in [-0.25, -0.2) is 0 Å². The normalized spacial score (nSPS) is 22.5. The second-order valence-electron chi connectivity index (χ2n) is 5.08. The molecule has 5 heteroatoms. The van der Waals surface area contributed by atoms with Crippen LogP contribution >= 0.6 is 0 Å². The summed E-state index contributed by atoms with van der Waals surface area (Å²) < 4.78 is 5.41. The number of rotatable bonds is 5. The molecule has 5 nitrogen and oxygen atoms in total. The summed E-state index contributed by atoms with van der Waals surface area (Å²) in [6.07, 6.45) is 0.928. The first-order chi connectivity index (χ1) is 8.00. The number of likely N-dealkylation sites (N-methyl/N-ethyl adjacent to an activating group) is 1. The number of carbonyl (C=O) groups is 1. The zero-order valence-corrected chi connectivity index (χ0v) is 11.4. The average Bonchev–Trinajstić information content (AvgIpc) is 2.36. The van der Waals surface area contributed by atoms with Crippen LogP contribution in [0.2, 0.25) is 0 Å². The topological polar surface area (TPSA) is 53.6 Å². The standard InChI is InChI=1S/C12H25N3O2/c1-12(2,17-4)5-7-15-8-6-14-9-10(15)11(16)13-3/h10,14H,5-9H2,1-4H3,(H,13,16). The van der Waals surface area contributed by atoms with Crippen LogP contribution < -0.4 is 10.6 Å². The molecule has 1 amide bonds. The highest BCUT2D eigenvalue weighted by Crippen LogP contribution is 2.15. The number of carbonyl (C=O) groups excluding carboxylic acids is 1. The van der Waals surface area contributed by atoms with Crippen LogP contribution in [0, 0.1) is 0 Å². The van der Waals surface area contributed by atoms with Gasteiger partial charge in [-0.15, -0.1) is 0 Å². The molecule has 1 aliphatic rings. The molecule has 17 heavy (non-hydrogen) atoms.